The maximum atomic E-state index is 9.04. The first-order valence-electron chi connectivity index (χ1n) is 3.43. The molecule has 1 aliphatic heterocycles. The molecule has 0 unspecified atom stereocenters. The van der Waals surface area contributed by atoms with Crippen LogP contribution in [0.4, 0.5) is 0 Å². The topological polar surface area (TPSA) is 49.5 Å². The van der Waals surface area contributed by atoms with Crippen molar-refractivity contribution in [3.05, 3.63) is 0 Å². The molecule has 1 heterocycles. The van der Waals surface area contributed by atoms with Crippen LogP contribution in [0.2, 0.25) is 0 Å². The molecular weight excluding hydrogens is 152 g/mol. The minimum Gasteiger partial charge on any atom is -0.392 e. The van der Waals surface area contributed by atoms with Crippen molar-refractivity contribution in [1.29, 1.82) is 0 Å². The Morgan fingerprint density at radius 1 is 1.60 bits per heavy atom. The van der Waals surface area contributed by atoms with Crippen molar-refractivity contribution >= 4 is 12.4 Å². The Hall–Kier alpha value is 0.170. The van der Waals surface area contributed by atoms with Gasteiger partial charge in [0.2, 0.25) is 0 Å². The second kappa shape index (κ2) is 4.91. The normalized spacial score (nSPS) is 26.4. The Kier molecular flexibility index (Phi) is 4.99. The number of nitrogens with zero attached hydrogens (tertiary/aromatic N) is 1. The van der Waals surface area contributed by atoms with Gasteiger partial charge in [0.05, 0.1) is 6.10 Å². The van der Waals surface area contributed by atoms with Crippen LogP contribution in [-0.4, -0.2) is 42.3 Å². The number of halogens is 1. The van der Waals surface area contributed by atoms with Crippen LogP contribution in [0.3, 0.4) is 0 Å². The van der Waals surface area contributed by atoms with Gasteiger partial charge < -0.3 is 10.8 Å². The van der Waals surface area contributed by atoms with Gasteiger partial charge in [0.25, 0.3) is 0 Å². The van der Waals surface area contributed by atoms with Crippen molar-refractivity contribution in [2.75, 3.05) is 26.2 Å². The molecule has 3 nitrogen and oxygen atoms in total. The number of hydrogen-bond acceptors (Lipinski definition) is 3. The summed E-state index contributed by atoms with van der Waals surface area (Å²) in [5.41, 5.74) is 5.33. The first kappa shape index (κ1) is 10.2. The molecule has 62 valence electrons. The largest absolute Gasteiger partial charge is 0.392 e. The van der Waals surface area contributed by atoms with Crippen LogP contribution in [0.15, 0.2) is 0 Å². The number of aliphatic hydroxyl groups excluding tert-OH is 1. The van der Waals surface area contributed by atoms with Crippen LogP contribution in [-0.2, 0) is 0 Å². The van der Waals surface area contributed by atoms with E-state index in [4.69, 9.17) is 10.8 Å². The third kappa shape index (κ3) is 2.84. The molecule has 1 saturated heterocycles. The van der Waals surface area contributed by atoms with E-state index in [1.807, 2.05) is 0 Å². The number of hydrogen-bond donors (Lipinski definition) is 2. The highest BCUT2D eigenvalue weighted by Gasteiger charge is 2.18. The van der Waals surface area contributed by atoms with Gasteiger partial charge in [-0.25, -0.2) is 0 Å². The van der Waals surface area contributed by atoms with Crippen molar-refractivity contribution in [3.8, 4) is 0 Å². The predicted octanol–water partition coefficient (Wildman–Crippen LogP) is -0.567. The third-order valence-corrected chi connectivity index (χ3v) is 1.69. The first-order valence-corrected chi connectivity index (χ1v) is 3.43. The Morgan fingerprint density at radius 2 is 2.30 bits per heavy atom. The van der Waals surface area contributed by atoms with E-state index < -0.39 is 0 Å². The van der Waals surface area contributed by atoms with Crippen molar-refractivity contribution in [2.24, 2.45) is 5.73 Å². The number of β-amino-alcohol motifs (C(OH)–C–C–N with tert-alkyl or cyclic N) is 1. The third-order valence-electron chi connectivity index (χ3n) is 1.69. The molecule has 0 aromatic carbocycles. The summed E-state index contributed by atoms with van der Waals surface area (Å²) in [7, 11) is 0. The average Bonchev–Trinajstić information content (AvgIpc) is 2.17. The van der Waals surface area contributed by atoms with Gasteiger partial charge in [0.1, 0.15) is 0 Å². The maximum Gasteiger partial charge on any atom is 0.0679 e. The monoisotopic (exact) mass is 166 g/mol. The van der Waals surface area contributed by atoms with Gasteiger partial charge in [-0.15, -0.1) is 12.4 Å². The van der Waals surface area contributed by atoms with Gasteiger partial charge in [0.15, 0.2) is 0 Å². The van der Waals surface area contributed by atoms with Crippen molar-refractivity contribution in [1.82, 2.24) is 4.90 Å². The lowest BCUT2D eigenvalue weighted by atomic mass is 10.3. The fourth-order valence-corrected chi connectivity index (χ4v) is 1.20. The highest BCUT2D eigenvalue weighted by atomic mass is 35.5. The van der Waals surface area contributed by atoms with E-state index in [0.717, 1.165) is 26.1 Å². The molecule has 0 saturated carbocycles. The molecule has 1 aliphatic rings. The van der Waals surface area contributed by atoms with Gasteiger partial charge in [-0.2, -0.15) is 0 Å². The summed E-state index contributed by atoms with van der Waals surface area (Å²) < 4.78 is 0. The number of rotatable bonds is 2. The average molecular weight is 167 g/mol. The van der Waals surface area contributed by atoms with Gasteiger partial charge in [-0.1, -0.05) is 0 Å². The fraction of sp³-hybridized carbons (Fsp3) is 1.00. The second-order valence-electron chi connectivity index (χ2n) is 2.53. The quantitative estimate of drug-likeness (QED) is 0.578. The molecule has 0 aliphatic carbocycles. The molecule has 10 heavy (non-hydrogen) atoms. The molecule has 0 spiro atoms. The molecule has 0 aromatic rings. The lowest BCUT2D eigenvalue weighted by Crippen LogP contribution is -2.27. The van der Waals surface area contributed by atoms with Crippen LogP contribution in [0.25, 0.3) is 0 Å². The molecule has 1 atom stereocenters. The molecule has 0 bridgehead atoms. The van der Waals surface area contributed by atoms with Crippen LogP contribution in [0.5, 0.6) is 0 Å². The molecule has 4 heteroatoms. The van der Waals surface area contributed by atoms with E-state index in [0.29, 0.717) is 6.54 Å². The Balaban J connectivity index is 0.000000810. The van der Waals surface area contributed by atoms with Gasteiger partial charge >= 0.3 is 0 Å². The van der Waals surface area contributed by atoms with E-state index in [1.54, 1.807) is 0 Å². The summed E-state index contributed by atoms with van der Waals surface area (Å²) in [6.45, 7) is 3.46. The van der Waals surface area contributed by atoms with Crippen LogP contribution >= 0.6 is 12.4 Å². The predicted molar refractivity (Wildman–Crippen MR) is 43.4 cm³/mol. The zero-order chi connectivity index (χ0) is 6.69. The van der Waals surface area contributed by atoms with Crippen molar-refractivity contribution in [3.63, 3.8) is 0 Å². The first-order chi connectivity index (χ1) is 4.33. The lowest BCUT2D eigenvalue weighted by molar-refractivity contribution is 0.177. The molecule has 0 amide bonds. The van der Waals surface area contributed by atoms with Crippen molar-refractivity contribution in [2.45, 2.75) is 12.5 Å². The zero-order valence-electron chi connectivity index (χ0n) is 5.99. The SMILES string of the molecule is Cl.NCCN1CC[C@@H](O)C1. The van der Waals surface area contributed by atoms with E-state index >= 15 is 0 Å². The molecule has 1 fully saturated rings. The smallest absolute Gasteiger partial charge is 0.0679 e. The second-order valence-corrected chi connectivity index (χ2v) is 2.53. The molecule has 0 radical (unpaired) electrons. The molecular formula is C6H15ClN2O. The Bertz CT molecular complexity index is 89.8. The number of nitrogens with two attached hydrogens (primary N) is 1. The lowest BCUT2D eigenvalue weighted by Gasteiger charge is -2.11. The standard InChI is InChI=1S/C6H14N2O.ClH/c7-2-4-8-3-1-6(9)5-8;/h6,9H,1-5,7H2;1H/t6-;/m1./s1. The fourth-order valence-electron chi connectivity index (χ4n) is 1.20. The summed E-state index contributed by atoms with van der Waals surface area (Å²) in [4.78, 5) is 2.19. The van der Waals surface area contributed by atoms with Gasteiger partial charge in [-0.05, 0) is 6.42 Å². The molecule has 3 N–H and O–H groups in total. The Labute approximate surface area is 67.6 Å². The van der Waals surface area contributed by atoms with Crippen LogP contribution in [0.1, 0.15) is 6.42 Å². The van der Waals surface area contributed by atoms with E-state index in [1.165, 1.54) is 0 Å². The van der Waals surface area contributed by atoms with Crippen LogP contribution in [0, 0.1) is 0 Å². The van der Waals surface area contributed by atoms with E-state index in [-0.39, 0.29) is 18.5 Å². The summed E-state index contributed by atoms with van der Waals surface area (Å²) in [5, 5.41) is 9.04. The Morgan fingerprint density at radius 3 is 2.70 bits per heavy atom. The summed E-state index contributed by atoms with van der Waals surface area (Å²) in [5.74, 6) is 0. The zero-order valence-corrected chi connectivity index (χ0v) is 6.81. The van der Waals surface area contributed by atoms with E-state index in [9.17, 15) is 0 Å². The molecule has 1 rings (SSSR count). The van der Waals surface area contributed by atoms with Gasteiger partial charge in [0, 0.05) is 26.2 Å². The number of aliphatic hydroxyl groups is 1. The minimum absolute atomic E-state index is 0. The summed E-state index contributed by atoms with van der Waals surface area (Å²) in [6, 6.07) is 0. The summed E-state index contributed by atoms with van der Waals surface area (Å²) >= 11 is 0. The van der Waals surface area contributed by atoms with Gasteiger partial charge in [-0.3, -0.25) is 4.90 Å². The molecule has 0 aromatic heterocycles. The minimum atomic E-state index is -0.100. The maximum absolute atomic E-state index is 9.04. The number of likely N-dealkylation sites (tertiary alicyclic amines) is 1. The van der Waals surface area contributed by atoms with E-state index in [2.05, 4.69) is 4.90 Å². The van der Waals surface area contributed by atoms with Crippen LogP contribution < -0.4 is 5.73 Å². The highest BCUT2D eigenvalue weighted by Crippen LogP contribution is 2.06. The summed E-state index contributed by atoms with van der Waals surface area (Å²) in [6.07, 6.45) is 0.816. The van der Waals surface area contributed by atoms with Crippen molar-refractivity contribution < 1.29 is 5.11 Å². The highest BCUT2D eigenvalue weighted by molar-refractivity contribution is 5.85.